The fourth-order valence-corrected chi connectivity index (χ4v) is 3.43. The van der Waals surface area contributed by atoms with Crippen molar-refractivity contribution in [3.8, 4) is 6.07 Å². The van der Waals surface area contributed by atoms with E-state index in [9.17, 15) is 9.59 Å². The molecule has 1 saturated heterocycles. The van der Waals surface area contributed by atoms with Crippen molar-refractivity contribution in [1.29, 1.82) is 5.26 Å². The number of hydrogen-bond donors (Lipinski definition) is 2. The molecule has 2 N–H and O–H groups in total. The Bertz CT molecular complexity index is 641. The molecule has 0 spiro atoms. The molecule has 1 aromatic rings. The lowest BCUT2D eigenvalue weighted by atomic mass is 10.3. The summed E-state index contributed by atoms with van der Waals surface area (Å²) in [6, 6.07) is 4.17. The molecule has 128 valence electrons. The normalized spacial score (nSPS) is 18.8. The van der Waals surface area contributed by atoms with E-state index in [1.54, 1.807) is 11.4 Å². The van der Waals surface area contributed by atoms with Crippen LogP contribution in [-0.2, 0) is 9.59 Å². The molecule has 3 rings (SSSR count). The summed E-state index contributed by atoms with van der Waals surface area (Å²) < 4.78 is 0. The van der Waals surface area contributed by atoms with Crippen LogP contribution in [0.3, 0.4) is 0 Å². The standard InChI is InChI=1S/C16H21N5O2S/c17-9-12-3-8-24-16(12)19-15(23)11-21-6-4-20(5-7-21)10-14(22)18-13-1-2-13/h3,8,13H,1-2,4-7,10-11H2,(H,18,22)(H,19,23). The summed E-state index contributed by atoms with van der Waals surface area (Å²) in [5.74, 6) is -0.000650. The molecule has 1 saturated carbocycles. The molecule has 2 aliphatic rings. The van der Waals surface area contributed by atoms with Crippen LogP contribution in [0.15, 0.2) is 11.4 Å². The average molecular weight is 347 g/mol. The molecule has 0 unspecified atom stereocenters. The molecule has 2 amide bonds. The molecule has 1 aliphatic carbocycles. The first-order chi connectivity index (χ1) is 11.6. The number of carbonyl (C=O) groups excluding carboxylic acids is 2. The van der Waals surface area contributed by atoms with Gasteiger partial charge in [-0.15, -0.1) is 11.3 Å². The van der Waals surface area contributed by atoms with Gasteiger partial charge in [0, 0.05) is 32.2 Å². The average Bonchev–Trinajstić information content (AvgIpc) is 3.25. The van der Waals surface area contributed by atoms with Gasteiger partial charge in [0.25, 0.3) is 0 Å². The third-order valence-electron chi connectivity index (χ3n) is 4.18. The molecule has 1 aliphatic heterocycles. The van der Waals surface area contributed by atoms with Crippen molar-refractivity contribution in [2.75, 3.05) is 44.6 Å². The van der Waals surface area contributed by atoms with Crippen LogP contribution in [0.25, 0.3) is 0 Å². The molecule has 7 nitrogen and oxygen atoms in total. The van der Waals surface area contributed by atoms with Crippen LogP contribution < -0.4 is 10.6 Å². The predicted molar refractivity (Wildman–Crippen MR) is 91.7 cm³/mol. The molecule has 2 heterocycles. The number of piperazine rings is 1. The van der Waals surface area contributed by atoms with Gasteiger partial charge in [0.1, 0.15) is 11.1 Å². The number of nitrogens with one attached hydrogen (secondary N) is 2. The number of amides is 2. The van der Waals surface area contributed by atoms with Gasteiger partial charge in [0.2, 0.25) is 11.8 Å². The van der Waals surface area contributed by atoms with Gasteiger partial charge in [-0.3, -0.25) is 19.4 Å². The molecule has 8 heteroatoms. The van der Waals surface area contributed by atoms with Gasteiger partial charge in [0.05, 0.1) is 18.7 Å². The Morgan fingerprint density at radius 2 is 1.79 bits per heavy atom. The molecule has 24 heavy (non-hydrogen) atoms. The molecule has 1 aromatic heterocycles. The Balaban J connectivity index is 1.38. The minimum absolute atomic E-state index is 0.102. The smallest absolute Gasteiger partial charge is 0.239 e. The maximum atomic E-state index is 12.1. The number of thiophene rings is 1. The highest BCUT2D eigenvalue weighted by molar-refractivity contribution is 7.14. The summed E-state index contributed by atoms with van der Waals surface area (Å²) in [7, 11) is 0. The van der Waals surface area contributed by atoms with Crippen molar-refractivity contribution in [1.82, 2.24) is 15.1 Å². The van der Waals surface area contributed by atoms with Gasteiger partial charge >= 0.3 is 0 Å². The van der Waals surface area contributed by atoms with E-state index in [-0.39, 0.29) is 11.8 Å². The van der Waals surface area contributed by atoms with Gasteiger partial charge in [-0.1, -0.05) is 0 Å². The first-order valence-corrected chi connectivity index (χ1v) is 9.03. The van der Waals surface area contributed by atoms with E-state index in [0.29, 0.717) is 29.7 Å². The lowest BCUT2D eigenvalue weighted by Gasteiger charge is -2.33. The number of anilines is 1. The zero-order chi connectivity index (χ0) is 16.9. The zero-order valence-corrected chi connectivity index (χ0v) is 14.3. The van der Waals surface area contributed by atoms with Gasteiger partial charge in [0.15, 0.2) is 0 Å². The van der Waals surface area contributed by atoms with E-state index < -0.39 is 0 Å². The first-order valence-electron chi connectivity index (χ1n) is 8.15. The van der Waals surface area contributed by atoms with Crippen LogP contribution >= 0.6 is 11.3 Å². The Hall–Kier alpha value is -1.95. The summed E-state index contributed by atoms with van der Waals surface area (Å²) in [5.41, 5.74) is 0.500. The van der Waals surface area contributed by atoms with E-state index in [0.717, 1.165) is 39.0 Å². The summed E-state index contributed by atoms with van der Waals surface area (Å²) in [6.45, 7) is 3.85. The second-order valence-corrected chi connectivity index (χ2v) is 7.13. The highest BCUT2D eigenvalue weighted by Gasteiger charge is 2.25. The van der Waals surface area contributed by atoms with Crippen LogP contribution in [-0.4, -0.2) is 66.9 Å². The number of nitrogens with zero attached hydrogens (tertiary/aromatic N) is 3. The number of carbonyl (C=O) groups is 2. The minimum Gasteiger partial charge on any atom is -0.352 e. The molecule has 0 bridgehead atoms. The lowest BCUT2D eigenvalue weighted by molar-refractivity contribution is -0.123. The third kappa shape index (κ3) is 4.77. The van der Waals surface area contributed by atoms with E-state index >= 15 is 0 Å². The zero-order valence-electron chi connectivity index (χ0n) is 13.5. The summed E-state index contributed by atoms with van der Waals surface area (Å²) in [4.78, 5) is 28.1. The Morgan fingerprint density at radius 3 is 2.38 bits per heavy atom. The van der Waals surface area contributed by atoms with Gasteiger partial charge in [-0.05, 0) is 24.3 Å². The van der Waals surface area contributed by atoms with Crippen LogP contribution in [0, 0.1) is 11.3 Å². The largest absolute Gasteiger partial charge is 0.352 e. The van der Waals surface area contributed by atoms with Gasteiger partial charge < -0.3 is 10.6 Å². The van der Waals surface area contributed by atoms with E-state index in [4.69, 9.17) is 5.26 Å². The summed E-state index contributed by atoms with van der Waals surface area (Å²) >= 11 is 1.36. The highest BCUT2D eigenvalue weighted by atomic mass is 32.1. The van der Waals surface area contributed by atoms with Crippen LogP contribution in [0.4, 0.5) is 5.00 Å². The maximum absolute atomic E-state index is 12.1. The Morgan fingerprint density at radius 1 is 1.17 bits per heavy atom. The fourth-order valence-electron chi connectivity index (χ4n) is 2.67. The van der Waals surface area contributed by atoms with Crippen LogP contribution in [0.2, 0.25) is 0 Å². The molecule has 0 aromatic carbocycles. The van der Waals surface area contributed by atoms with Gasteiger partial charge in [-0.2, -0.15) is 5.26 Å². The van der Waals surface area contributed by atoms with Crippen molar-refractivity contribution in [2.45, 2.75) is 18.9 Å². The second-order valence-electron chi connectivity index (χ2n) is 6.22. The molecule has 0 radical (unpaired) electrons. The highest BCUT2D eigenvalue weighted by Crippen LogP contribution is 2.22. The van der Waals surface area contributed by atoms with Crippen molar-refractivity contribution < 1.29 is 9.59 Å². The van der Waals surface area contributed by atoms with Crippen molar-refractivity contribution in [3.05, 3.63) is 17.0 Å². The monoisotopic (exact) mass is 347 g/mol. The molecule has 2 fully saturated rings. The van der Waals surface area contributed by atoms with Crippen molar-refractivity contribution in [3.63, 3.8) is 0 Å². The van der Waals surface area contributed by atoms with Gasteiger partial charge in [-0.25, -0.2) is 0 Å². The quantitative estimate of drug-likeness (QED) is 0.780. The second kappa shape index (κ2) is 7.75. The Labute approximate surface area is 145 Å². The SMILES string of the molecule is N#Cc1ccsc1NC(=O)CN1CCN(CC(=O)NC2CC2)CC1. The van der Waals surface area contributed by atoms with Crippen molar-refractivity contribution in [2.24, 2.45) is 0 Å². The van der Waals surface area contributed by atoms with E-state index in [1.165, 1.54) is 11.3 Å². The number of hydrogen-bond acceptors (Lipinski definition) is 6. The van der Waals surface area contributed by atoms with Crippen LogP contribution in [0.1, 0.15) is 18.4 Å². The molecular weight excluding hydrogens is 326 g/mol. The van der Waals surface area contributed by atoms with E-state index in [1.807, 2.05) is 0 Å². The maximum Gasteiger partial charge on any atom is 0.239 e. The predicted octanol–water partition coefficient (Wildman–Crippen LogP) is 0.454. The Kier molecular flexibility index (Phi) is 5.45. The fraction of sp³-hybridized carbons (Fsp3) is 0.562. The summed E-state index contributed by atoms with van der Waals surface area (Å²) in [6.07, 6.45) is 2.21. The topological polar surface area (TPSA) is 88.5 Å². The van der Waals surface area contributed by atoms with E-state index in [2.05, 4.69) is 26.5 Å². The van der Waals surface area contributed by atoms with Crippen LogP contribution in [0.5, 0.6) is 0 Å². The number of nitriles is 1. The lowest BCUT2D eigenvalue weighted by Crippen LogP contribution is -2.51. The third-order valence-corrected chi connectivity index (χ3v) is 5.01. The van der Waals surface area contributed by atoms with Crippen molar-refractivity contribution >= 4 is 28.2 Å². The minimum atomic E-state index is -0.103. The molecule has 0 atom stereocenters. The number of rotatable bonds is 6. The summed E-state index contributed by atoms with van der Waals surface area (Å²) in [5, 5.41) is 17.2. The first kappa shape index (κ1) is 16.9. The molecular formula is C16H21N5O2S.